The third kappa shape index (κ3) is 3.54. The summed E-state index contributed by atoms with van der Waals surface area (Å²) in [6.45, 7) is 7.69. The average molecular weight is 293 g/mol. The quantitative estimate of drug-likeness (QED) is 0.843. The fourth-order valence-electron chi connectivity index (χ4n) is 2.96. The molecule has 0 aromatic carbocycles. The van der Waals surface area contributed by atoms with Crippen LogP contribution in [0.15, 0.2) is 18.3 Å². The lowest BCUT2D eigenvalue weighted by atomic mass is 10.0. The number of likely N-dealkylation sites (tertiary alicyclic amines) is 1. The molecule has 0 unspecified atom stereocenters. The number of aryl methyl sites for hydroxylation is 1. The van der Waals surface area contributed by atoms with E-state index in [9.17, 15) is 0 Å². The number of nitrogens with one attached hydrogen (secondary N) is 1. The van der Waals surface area contributed by atoms with E-state index in [2.05, 4.69) is 60.9 Å². The Bertz CT molecular complexity index is 452. The highest BCUT2D eigenvalue weighted by Gasteiger charge is 2.28. The zero-order chi connectivity index (χ0) is 14.7. The first kappa shape index (κ1) is 15.4. The van der Waals surface area contributed by atoms with Crippen LogP contribution in [0.5, 0.6) is 0 Å². The number of hydrogen-bond donors (Lipinski definition) is 1. The summed E-state index contributed by atoms with van der Waals surface area (Å²) in [7, 11) is 2.13. The van der Waals surface area contributed by atoms with Crippen molar-refractivity contribution in [1.82, 2.24) is 14.8 Å². The van der Waals surface area contributed by atoms with Crippen molar-refractivity contribution in [3.63, 3.8) is 0 Å². The van der Waals surface area contributed by atoms with Crippen LogP contribution in [-0.4, -0.2) is 27.2 Å². The fourth-order valence-corrected chi connectivity index (χ4v) is 3.41. The van der Waals surface area contributed by atoms with Gasteiger partial charge in [0.2, 0.25) is 0 Å². The molecule has 0 spiro atoms. The van der Waals surface area contributed by atoms with Gasteiger partial charge in [-0.25, -0.2) is 0 Å². The van der Waals surface area contributed by atoms with Crippen LogP contribution in [-0.2, 0) is 7.05 Å². The highest BCUT2D eigenvalue weighted by molar-refractivity contribution is 7.80. The summed E-state index contributed by atoms with van der Waals surface area (Å²) in [6.07, 6.45) is 5.80. The number of aromatic nitrogens is 1. The van der Waals surface area contributed by atoms with Gasteiger partial charge in [-0.15, -0.1) is 0 Å². The predicted molar refractivity (Wildman–Crippen MR) is 88.7 cm³/mol. The number of nitrogens with zero attached hydrogens (tertiary/aromatic N) is 2. The topological polar surface area (TPSA) is 20.2 Å². The highest BCUT2D eigenvalue weighted by Crippen LogP contribution is 2.32. The molecule has 1 aliphatic heterocycles. The van der Waals surface area contributed by atoms with Gasteiger partial charge in [0, 0.05) is 31.5 Å². The minimum Gasteiger partial charge on any atom is -0.360 e. The molecule has 1 N–H and O–H groups in total. The summed E-state index contributed by atoms with van der Waals surface area (Å²) in [5.41, 5.74) is 1.37. The molecule has 1 aliphatic rings. The van der Waals surface area contributed by atoms with Crippen LogP contribution in [0.2, 0.25) is 0 Å². The molecule has 1 saturated heterocycles. The van der Waals surface area contributed by atoms with E-state index in [-0.39, 0.29) is 0 Å². The summed E-state index contributed by atoms with van der Waals surface area (Å²) < 4.78 is 2.23. The van der Waals surface area contributed by atoms with Gasteiger partial charge in [-0.3, -0.25) is 0 Å². The molecule has 2 heterocycles. The van der Waals surface area contributed by atoms with Crippen molar-refractivity contribution in [2.45, 2.75) is 52.1 Å². The maximum atomic E-state index is 5.65. The largest absolute Gasteiger partial charge is 0.360 e. The maximum absolute atomic E-state index is 5.65. The van der Waals surface area contributed by atoms with Gasteiger partial charge in [-0.2, -0.15) is 0 Å². The van der Waals surface area contributed by atoms with Crippen LogP contribution in [0.4, 0.5) is 0 Å². The molecule has 112 valence electrons. The molecule has 0 amide bonds. The monoisotopic (exact) mass is 293 g/mol. The minimum absolute atomic E-state index is 0.386. The van der Waals surface area contributed by atoms with Crippen LogP contribution < -0.4 is 5.32 Å². The lowest BCUT2D eigenvalue weighted by Crippen LogP contribution is -2.44. The van der Waals surface area contributed by atoms with E-state index in [1.807, 2.05) is 0 Å². The Morgan fingerprint density at radius 1 is 1.35 bits per heavy atom. The lowest BCUT2D eigenvalue weighted by Gasteiger charge is -2.33. The van der Waals surface area contributed by atoms with E-state index in [1.54, 1.807) is 0 Å². The van der Waals surface area contributed by atoms with E-state index in [0.29, 0.717) is 12.1 Å². The smallest absolute Gasteiger partial charge is 0.169 e. The molecule has 4 heteroatoms. The van der Waals surface area contributed by atoms with E-state index in [4.69, 9.17) is 12.2 Å². The third-order valence-electron chi connectivity index (χ3n) is 4.17. The van der Waals surface area contributed by atoms with E-state index < -0.39 is 0 Å². The second kappa shape index (κ2) is 6.61. The minimum atomic E-state index is 0.386. The lowest BCUT2D eigenvalue weighted by molar-refractivity contribution is 0.304. The van der Waals surface area contributed by atoms with Gasteiger partial charge in [-0.05, 0) is 63.4 Å². The summed E-state index contributed by atoms with van der Waals surface area (Å²) >= 11 is 5.65. The fraction of sp³-hybridized carbons (Fsp3) is 0.688. The standard InChI is InChI=1S/C16H27N3S/c1-12(2)17-16(20)19-11-9-13(3)7-8-15(19)14-6-5-10-18(14)4/h5-6,10,12-13,15H,7-9,11H2,1-4H3,(H,17,20)/t13-,15-/m1/s1. The van der Waals surface area contributed by atoms with Crippen LogP contribution >= 0.6 is 12.2 Å². The first-order valence-corrected chi connectivity index (χ1v) is 8.08. The van der Waals surface area contributed by atoms with Crippen molar-refractivity contribution in [3.05, 3.63) is 24.0 Å². The van der Waals surface area contributed by atoms with Crippen molar-refractivity contribution in [1.29, 1.82) is 0 Å². The maximum Gasteiger partial charge on any atom is 0.169 e. The summed E-state index contributed by atoms with van der Waals surface area (Å²) in [5.74, 6) is 0.782. The summed E-state index contributed by atoms with van der Waals surface area (Å²) in [5, 5.41) is 4.32. The van der Waals surface area contributed by atoms with Gasteiger partial charge in [-0.1, -0.05) is 6.92 Å². The number of rotatable bonds is 2. The van der Waals surface area contributed by atoms with Gasteiger partial charge < -0.3 is 14.8 Å². The Hall–Kier alpha value is -1.03. The van der Waals surface area contributed by atoms with Crippen molar-refractivity contribution < 1.29 is 0 Å². The van der Waals surface area contributed by atoms with Crippen LogP contribution in [0.3, 0.4) is 0 Å². The van der Waals surface area contributed by atoms with E-state index in [0.717, 1.165) is 17.6 Å². The first-order chi connectivity index (χ1) is 9.49. The molecule has 1 aromatic heterocycles. The molecule has 3 nitrogen and oxygen atoms in total. The van der Waals surface area contributed by atoms with Crippen molar-refractivity contribution in [2.24, 2.45) is 13.0 Å². The third-order valence-corrected chi connectivity index (χ3v) is 4.52. The Kier molecular flexibility index (Phi) is 5.08. The zero-order valence-corrected chi connectivity index (χ0v) is 13.9. The highest BCUT2D eigenvalue weighted by atomic mass is 32.1. The van der Waals surface area contributed by atoms with Gasteiger partial charge in [0.15, 0.2) is 5.11 Å². The SMILES string of the molecule is CC(C)NC(=S)N1CC[C@H](C)CC[C@@H]1c1cccn1C. The van der Waals surface area contributed by atoms with Crippen LogP contribution in [0.25, 0.3) is 0 Å². The summed E-state index contributed by atoms with van der Waals surface area (Å²) in [4.78, 5) is 2.40. The second-order valence-corrected chi connectivity index (χ2v) is 6.72. The average Bonchev–Trinajstić information content (AvgIpc) is 2.68. The zero-order valence-electron chi connectivity index (χ0n) is 13.1. The normalized spacial score (nSPS) is 23.8. The molecular weight excluding hydrogens is 266 g/mol. The number of hydrogen-bond acceptors (Lipinski definition) is 1. The van der Waals surface area contributed by atoms with Gasteiger partial charge in [0.25, 0.3) is 0 Å². The van der Waals surface area contributed by atoms with Crippen LogP contribution in [0.1, 0.15) is 51.8 Å². The van der Waals surface area contributed by atoms with E-state index >= 15 is 0 Å². The Morgan fingerprint density at radius 3 is 2.70 bits per heavy atom. The Morgan fingerprint density at radius 2 is 2.10 bits per heavy atom. The molecule has 1 fully saturated rings. The van der Waals surface area contributed by atoms with Crippen LogP contribution in [0, 0.1) is 5.92 Å². The summed E-state index contributed by atoms with van der Waals surface area (Å²) in [6, 6.07) is 5.14. The Balaban J connectivity index is 2.23. The van der Waals surface area contributed by atoms with Crippen molar-refractivity contribution in [3.8, 4) is 0 Å². The molecule has 2 rings (SSSR count). The molecule has 0 saturated carbocycles. The van der Waals surface area contributed by atoms with Gasteiger partial charge in [0.1, 0.15) is 0 Å². The molecule has 0 radical (unpaired) electrons. The van der Waals surface area contributed by atoms with Crippen molar-refractivity contribution >= 4 is 17.3 Å². The molecular formula is C16H27N3S. The number of thiocarbonyl (C=S) groups is 1. The van der Waals surface area contributed by atoms with Gasteiger partial charge >= 0.3 is 0 Å². The predicted octanol–water partition coefficient (Wildman–Crippen LogP) is 3.47. The molecule has 0 bridgehead atoms. The molecule has 20 heavy (non-hydrogen) atoms. The Labute approximate surface area is 128 Å². The molecule has 0 aliphatic carbocycles. The first-order valence-electron chi connectivity index (χ1n) is 7.67. The van der Waals surface area contributed by atoms with Crippen molar-refractivity contribution in [2.75, 3.05) is 6.54 Å². The van der Waals surface area contributed by atoms with Gasteiger partial charge in [0.05, 0.1) is 6.04 Å². The molecule has 1 aromatic rings. The second-order valence-electron chi connectivity index (χ2n) is 6.33. The molecule has 2 atom stereocenters. The van der Waals surface area contributed by atoms with E-state index in [1.165, 1.54) is 25.0 Å².